The molecule has 0 fully saturated rings. The van der Waals surface area contributed by atoms with Crippen molar-refractivity contribution in [3.63, 3.8) is 0 Å². The predicted molar refractivity (Wildman–Crippen MR) is 77.1 cm³/mol. The largest absolute Gasteiger partial charge is 0.325 e. The molecule has 3 rings (SSSR count). The molecule has 0 unspecified atom stereocenters. The summed E-state index contributed by atoms with van der Waals surface area (Å²) in [6, 6.07) is 14.5. The van der Waals surface area contributed by atoms with Crippen LogP contribution in [0.4, 0.5) is 0 Å². The van der Waals surface area contributed by atoms with Crippen molar-refractivity contribution >= 4 is 5.65 Å². The van der Waals surface area contributed by atoms with Crippen LogP contribution in [0.3, 0.4) is 0 Å². The van der Waals surface area contributed by atoms with Gasteiger partial charge in [0.05, 0.1) is 11.4 Å². The second kappa shape index (κ2) is 4.86. The van der Waals surface area contributed by atoms with Crippen molar-refractivity contribution in [2.45, 2.75) is 19.9 Å². The van der Waals surface area contributed by atoms with Gasteiger partial charge in [-0.15, -0.1) is 0 Å². The lowest BCUT2D eigenvalue weighted by atomic mass is 10.1. The van der Waals surface area contributed by atoms with Gasteiger partial charge in [0.25, 0.3) is 0 Å². The molecule has 3 aromatic rings. The monoisotopic (exact) mass is 251 g/mol. The van der Waals surface area contributed by atoms with E-state index in [0.29, 0.717) is 6.54 Å². The van der Waals surface area contributed by atoms with Crippen LogP contribution in [0.15, 0.2) is 48.7 Å². The van der Waals surface area contributed by atoms with Crippen molar-refractivity contribution < 1.29 is 0 Å². The third-order valence-corrected chi connectivity index (χ3v) is 3.43. The smallest absolute Gasteiger partial charge is 0.140 e. The summed E-state index contributed by atoms with van der Waals surface area (Å²) in [4.78, 5) is 4.76. The van der Waals surface area contributed by atoms with E-state index in [-0.39, 0.29) is 0 Å². The summed E-state index contributed by atoms with van der Waals surface area (Å²) in [6.07, 6.45) is 2.86. The van der Waals surface area contributed by atoms with Crippen molar-refractivity contribution in [3.8, 4) is 0 Å². The number of nitrogens with zero attached hydrogens (tertiary/aromatic N) is 2. The molecule has 0 saturated carbocycles. The van der Waals surface area contributed by atoms with Gasteiger partial charge in [-0.25, -0.2) is 4.98 Å². The lowest BCUT2D eigenvalue weighted by Gasteiger charge is -2.02. The number of rotatable bonds is 3. The standard InChI is InChI=1S/C16H17N3/c1-12-6-5-9-19-15(11-17)14(18-16(12)19)10-13-7-3-2-4-8-13/h2-9H,10-11,17H2,1H3. The lowest BCUT2D eigenvalue weighted by molar-refractivity contribution is 0.924. The fourth-order valence-corrected chi connectivity index (χ4v) is 2.45. The van der Waals surface area contributed by atoms with Gasteiger partial charge in [0.15, 0.2) is 0 Å². The zero-order valence-corrected chi connectivity index (χ0v) is 11.0. The molecule has 0 spiro atoms. The first-order valence-electron chi connectivity index (χ1n) is 6.49. The highest BCUT2D eigenvalue weighted by Gasteiger charge is 2.12. The van der Waals surface area contributed by atoms with Crippen molar-refractivity contribution in [2.24, 2.45) is 5.73 Å². The summed E-state index contributed by atoms with van der Waals surface area (Å²) in [5.74, 6) is 0. The Morgan fingerprint density at radius 2 is 1.89 bits per heavy atom. The van der Waals surface area contributed by atoms with Crippen LogP contribution in [0.1, 0.15) is 22.5 Å². The summed E-state index contributed by atoms with van der Waals surface area (Å²) in [7, 11) is 0. The average Bonchev–Trinajstić information content (AvgIpc) is 2.79. The molecule has 2 aromatic heterocycles. The second-order valence-electron chi connectivity index (χ2n) is 4.76. The maximum Gasteiger partial charge on any atom is 0.140 e. The molecule has 0 radical (unpaired) electrons. The molecule has 1 aromatic carbocycles. The van der Waals surface area contributed by atoms with Crippen LogP contribution in [0.5, 0.6) is 0 Å². The van der Waals surface area contributed by atoms with E-state index in [1.165, 1.54) is 11.1 Å². The van der Waals surface area contributed by atoms with Crippen molar-refractivity contribution in [2.75, 3.05) is 0 Å². The number of imidazole rings is 1. The van der Waals surface area contributed by atoms with E-state index in [9.17, 15) is 0 Å². The Balaban J connectivity index is 2.11. The van der Waals surface area contributed by atoms with Gasteiger partial charge in [-0.05, 0) is 24.1 Å². The molecule has 0 aliphatic heterocycles. The minimum atomic E-state index is 0.507. The first-order chi connectivity index (χ1) is 9.29. The van der Waals surface area contributed by atoms with Gasteiger partial charge in [-0.2, -0.15) is 0 Å². The normalized spacial score (nSPS) is 11.1. The van der Waals surface area contributed by atoms with Gasteiger partial charge < -0.3 is 10.1 Å². The molecule has 19 heavy (non-hydrogen) atoms. The molecule has 0 atom stereocenters. The van der Waals surface area contributed by atoms with E-state index in [0.717, 1.165) is 23.5 Å². The molecule has 2 heterocycles. The molecular weight excluding hydrogens is 234 g/mol. The first kappa shape index (κ1) is 11.9. The topological polar surface area (TPSA) is 43.3 Å². The number of hydrogen-bond donors (Lipinski definition) is 1. The van der Waals surface area contributed by atoms with Crippen LogP contribution >= 0.6 is 0 Å². The molecule has 0 aliphatic carbocycles. The van der Waals surface area contributed by atoms with Crippen molar-refractivity contribution in [1.29, 1.82) is 0 Å². The Morgan fingerprint density at radius 3 is 2.63 bits per heavy atom. The van der Waals surface area contributed by atoms with Crippen LogP contribution < -0.4 is 5.73 Å². The van der Waals surface area contributed by atoms with E-state index in [1.807, 2.05) is 18.3 Å². The summed E-state index contributed by atoms with van der Waals surface area (Å²) in [5.41, 5.74) is 11.5. The quantitative estimate of drug-likeness (QED) is 0.777. The number of hydrogen-bond acceptors (Lipinski definition) is 2. The van der Waals surface area contributed by atoms with Gasteiger partial charge in [0, 0.05) is 19.2 Å². The molecule has 96 valence electrons. The SMILES string of the molecule is Cc1cccn2c(CN)c(Cc3ccccc3)nc12. The van der Waals surface area contributed by atoms with Gasteiger partial charge in [-0.1, -0.05) is 36.4 Å². The van der Waals surface area contributed by atoms with Gasteiger partial charge in [-0.3, -0.25) is 0 Å². The Morgan fingerprint density at radius 1 is 1.11 bits per heavy atom. The van der Waals surface area contributed by atoms with Crippen molar-refractivity contribution in [3.05, 3.63) is 71.2 Å². The highest BCUT2D eigenvalue weighted by Crippen LogP contribution is 2.18. The van der Waals surface area contributed by atoms with Crippen molar-refractivity contribution in [1.82, 2.24) is 9.38 Å². The zero-order chi connectivity index (χ0) is 13.2. The molecule has 3 nitrogen and oxygen atoms in total. The molecule has 3 heteroatoms. The molecule has 0 aliphatic rings. The van der Waals surface area contributed by atoms with Crippen LogP contribution in [0, 0.1) is 6.92 Å². The highest BCUT2D eigenvalue weighted by atomic mass is 15.0. The van der Waals surface area contributed by atoms with E-state index >= 15 is 0 Å². The molecule has 2 N–H and O–H groups in total. The predicted octanol–water partition coefficient (Wildman–Crippen LogP) is 2.69. The fourth-order valence-electron chi connectivity index (χ4n) is 2.45. The number of aromatic nitrogens is 2. The van der Waals surface area contributed by atoms with Crippen LogP contribution in [0.25, 0.3) is 5.65 Å². The van der Waals surface area contributed by atoms with E-state index in [1.54, 1.807) is 0 Å². The minimum absolute atomic E-state index is 0.507. The Bertz CT molecular complexity index is 699. The van der Waals surface area contributed by atoms with Gasteiger partial charge >= 0.3 is 0 Å². The molecule has 0 amide bonds. The third-order valence-electron chi connectivity index (χ3n) is 3.43. The maximum absolute atomic E-state index is 5.90. The second-order valence-corrected chi connectivity index (χ2v) is 4.76. The maximum atomic E-state index is 5.90. The van der Waals surface area contributed by atoms with Crippen LogP contribution in [-0.4, -0.2) is 9.38 Å². The third kappa shape index (κ3) is 2.13. The number of benzene rings is 1. The van der Waals surface area contributed by atoms with Gasteiger partial charge in [0.2, 0.25) is 0 Å². The van der Waals surface area contributed by atoms with Crippen LogP contribution in [0.2, 0.25) is 0 Å². The number of nitrogens with two attached hydrogens (primary N) is 1. The summed E-state index contributed by atoms with van der Waals surface area (Å²) in [5, 5.41) is 0. The Labute approximate surface area is 112 Å². The Kier molecular flexibility index (Phi) is 3.05. The molecule has 0 saturated heterocycles. The average molecular weight is 251 g/mol. The van der Waals surface area contributed by atoms with E-state index in [2.05, 4.69) is 41.7 Å². The zero-order valence-electron chi connectivity index (χ0n) is 11.0. The fraction of sp³-hybridized carbons (Fsp3) is 0.188. The molecule has 0 bridgehead atoms. The number of pyridine rings is 1. The number of fused-ring (bicyclic) bond motifs is 1. The summed E-state index contributed by atoms with van der Waals surface area (Å²) < 4.78 is 2.10. The highest BCUT2D eigenvalue weighted by molar-refractivity contribution is 5.51. The molecular formula is C16H17N3. The van der Waals surface area contributed by atoms with Gasteiger partial charge in [0.1, 0.15) is 5.65 Å². The summed E-state index contributed by atoms with van der Waals surface area (Å²) in [6.45, 7) is 2.59. The minimum Gasteiger partial charge on any atom is -0.325 e. The van der Waals surface area contributed by atoms with E-state index in [4.69, 9.17) is 10.7 Å². The summed E-state index contributed by atoms with van der Waals surface area (Å²) >= 11 is 0. The number of aryl methyl sites for hydroxylation is 1. The first-order valence-corrected chi connectivity index (χ1v) is 6.49. The lowest BCUT2D eigenvalue weighted by Crippen LogP contribution is -2.04. The Hall–Kier alpha value is -2.13. The van der Waals surface area contributed by atoms with E-state index < -0.39 is 0 Å². The van der Waals surface area contributed by atoms with Crippen LogP contribution in [-0.2, 0) is 13.0 Å².